The summed E-state index contributed by atoms with van der Waals surface area (Å²) in [5.74, 6) is 2.66. The molecule has 2 aliphatic heterocycles. The molecule has 3 saturated carbocycles. The molecule has 8 unspecified atom stereocenters. The number of hydrogen-bond acceptors (Lipinski definition) is 5. The van der Waals surface area contributed by atoms with Gasteiger partial charge >= 0.3 is 0 Å². The van der Waals surface area contributed by atoms with E-state index in [0.29, 0.717) is 42.3 Å². The Kier molecular flexibility index (Phi) is 7.52. The standard InChI is InChI=1S/C27H47N5O2/c1-15-4-3-5-18-13-22(31-23(15)18)27(34)32-25(17-6-7-17)24-16(2)12-19(14-29-24)26(33)30-21-10-8-20(28)9-11-21/h15-25,29,31H,3-14,28H2,1-2H3,(H,30,33)(H,32,34). The molecule has 0 aromatic carbocycles. The fraction of sp³-hybridized carbons (Fsp3) is 0.926. The van der Waals surface area contributed by atoms with Crippen LogP contribution in [-0.4, -0.2) is 54.6 Å². The van der Waals surface area contributed by atoms with Gasteiger partial charge in [-0.05, 0) is 87.9 Å². The lowest BCUT2D eigenvalue weighted by molar-refractivity contribution is -0.128. The van der Waals surface area contributed by atoms with Gasteiger partial charge < -0.3 is 27.0 Å². The highest BCUT2D eigenvalue weighted by atomic mass is 16.2. The average molecular weight is 474 g/mol. The van der Waals surface area contributed by atoms with Crippen molar-refractivity contribution in [1.29, 1.82) is 0 Å². The van der Waals surface area contributed by atoms with Crippen LogP contribution in [0.5, 0.6) is 0 Å². The molecule has 7 nitrogen and oxygen atoms in total. The predicted octanol–water partition coefficient (Wildman–Crippen LogP) is 2.05. The van der Waals surface area contributed by atoms with Gasteiger partial charge in [-0.25, -0.2) is 0 Å². The van der Waals surface area contributed by atoms with Crippen molar-refractivity contribution < 1.29 is 9.59 Å². The number of nitrogens with two attached hydrogens (primary N) is 1. The molecule has 8 atom stereocenters. The quantitative estimate of drug-likeness (QED) is 0.406. The molecule has 3 aliphatic carbocycles. The topological polar surface area (TPSA) is 108 Å². The van der Waals surface area contributed by atoms with E-state index in [1.165, 1.54) is 32.1 Å². The van der Waals surface area contributed by atoms with Crippen LogP contribution in [0.2, 0.25) is 0 Å². The van der Waals surface area contributed by atoms with E-state index in [1.807, 2.05) is 0 Å². The molecule has 5 fully saturated rings. The van der Waals surface area contributed by atoms with Gasteiger partial charge in [-0.15, -0.1) is 0 Å². The van der Waals surface area contributed by atoms with Crippen molar-refractivity contribution in [1.82, 2.24) is 21.3 Å². The highest BCUT2D eigenvalue weighted by Gasteiger charge is 2.46. The van der Waals surface area contributed by atoms with Crippen molar-refractivity contribution in [2.45, 2.75) is 121 Å². The molecule has 2 heterocycles. The van der Waals surface area contributed by atoms with Crippen LogP contribution in [0.15, 0.2) is 0 Å². The lowest BCUT2D eigenvalue weighted by Crippen LogP contribution is -2.61. The van der Waals surface area contributed by atoms with Gasteiger partial charge in [0.05, 0.1) is 12.0 Å². The number of fused-ring (bicyclic) bond motifs is 1. The summed E-state index contributed by atoms with van der Waals surface area (Å²) in [6.45, 7) is 5.29. The first kappa shape index (κ1) is 24.5. The van der Waals surface area contributed by atoms with E-state index in [1.54, 1.807) is 0 Å². The molecule has 192 valence electrons. The van der Waals surface area contributed by atoms with E-state index in [2.05, 4.69) is 35.1 Å². The molecule has 2 saturated heterocycles. The van der Waals surface area contributed by atoms with Gasteiger partial charge in [0.1, 0.15) is 0 Å². The van der Waals surface area contributed by atoms with Crippen LogP contribution in [0.3, 0.4) is 0 Å². The van der Waals surface area contributed by atoms with Crippen LogP contribution in [0.25, 0.3) is 0 Å². The minimum atomic E-state index is -0.0437. The number of nitrogens with one attached hydrogen (secondary N) is 4. The minimum Gasteiger partial charge on any atom is -0.353 e. The smallest absolute Gasteiger partial charge is 0.237 e. The van der Waals surface area contributed by atoms with Crippen molar-refractivity contribution in [2.75, 3.05) is 6.54 Å². The molecule has 0 radical (unpaired) electrons. The number of carbonyl (C=O) groups excluding carboxylic acids is 2. The molecular weight excluding hydrogens is 426 g/mol. The zero-order valence-corrected chi connectivity index (χ0v) is 21.2. The maximum absolute atomic E-state index is 13.3. The molecule has 0 aromatic rings. The first-order chi connectivity index (χ1) is 16.4. The maximum Gasteiger partial charge on any atom is 0.237 e. The number of carbonyl (C=O) groups is 2. The van der Waals surface area contributed by atoms with E-state index >= 15 is 0 Å². The van der Waals surface area contributed by atoms with E-state index in [0.717, 1.165) is 38.5 Å². The second-order valence-corrected chi connectivity index (χ2v) is 12.5. The van der Waals surface area contributed by atoms with Crippen LogP contribution >= 0.6 is 0 Å². The summed E-state index contributed by atoms with van der Waals surface area (Å²) in [5, 5.41) is 14.2. The van der Waals surface area contributed by atoms with Crippen molar-refractivity contribution >= 4 is 11.8 Å². The first-order valence-corrected chi connectivity index (χ1v) is 14.2. The summed E-state index contributed by atoms with van der Waals surface area (Å²) < 4.78 is 0. The van der Waals surface area contributed by atoms with E-state index in [-0.39, 0.29) is 41.9 Å². The predicted molar refractivity (Wildman–Crippen MR) is 134 cm³/mol. The SMILES string of the molecule is CC1CCCC2CC(C(=O)NC(C3CC3)C3NCC(C(=O)NC4CCC(N)CC4)CC3C)NC12. The Balaban J connectivity index is 1.14. The Labute approximate surface area is 205 Å². The van der Waals surface area contributed by atoms with Gasteiger partial charge in [-0.3, -0.25) is 9.59 Å². The monoisotopic (exact) mass is 473 g/mol. The Morgan fingerprint density at radius 3 is 2.35 bits per heavy atom. The Morgan fingerprint density at radius 1 is 0.912 bits per heavy atom. The average Bonchev–Trinajstić information content (AvgIpc) is 3.56. The fourth-order valence-electron chi connectivity index (χ4n) is 7.52. The lowest BCUT2D eigenvalue weighted by atomic mass is 9.78. The van der Waals surface area contributed by atoms with Crippen LogP contribution in [0.4, 0.5) is 0 Å². The minimum absolute atomic E-state index is 0.0125. The highest BCUT2D eigenvalue weighted by Crippen LogP contribution is 2.39. The summed E-state index contributed by atoms with van der Waals surface area (Å²) in [6, 6.07) is 1.47. The largest absolute Gasteiger partial charge is 0.353 e. The van der Waals surface area contributed by atoms with Crippen molar-refractivity contribution in [3.05, 3.63) is 0 Å². The van der Waals surface area contributed by atoms with Crippen LogP contribution in [0.1, 0.15) is 84.5 Å². The number of rotatable bonds is 6. The summed E-state index contributed by atoms with van der Waals surface area (Å²) >= 11 is 0. The van der Waals surface area contributed by atoms with Crippen molar-refractivity contribution in [3.8, 4) is 0 Å². The first-order valence-electron chi connectivity index (χ1n) is 14.2. The molecule has 0 bridgehead atoms. The zero-order valence-electron chi connectivity index (χ0n) is 21.2. The Hall–Kier alpha value is -1.18. The Morgan fingerprint density at radius 2 is 1.68 bits per heavy atom. The third kappa shape index (κ3) is 5.46. The second-order valence-electron chi connectivity index (χ2n) is 12.5. The van der Waals surface area contributed by atoms with Gasteiger partial charge in [0.2, 0.25) is 11.8 Å². The van der Waals surface area contributed by atoms with E-state index in [4.69, 9.17) is 5.73 Å². The number of hydrogen-bond donors (Lipinski definition) is 5. The zero-order chi connectivity index (χ0) is 23.8. The van der Waals surface area contributed by atoms with Crippen molar-refractivity contribution in [3.63, 3.8) is 0 Å². The van der Waals surface area contributed by atoms with Gasteiger partial charge in [-0.1, -0.05) is 20.3 Å². The summed E-state index contributed by atoms with van der Waals surface area (Å²) in [4.78, 5) is 26.3. The second kappa shape index (κ2) is 10.4. The van der Waals surface area contributed by atoms with Crippen LogP contribution in [0, 0.1) is 29.6 Å². The molecule has 34 heavy (non-hydrogen) atoms. The van der Waals surface area contributed by atoms with Crippen molar-refractivity contribution in [2.24, 2.45) is 35.3 Å². The lowest BCUT2D eigenvalue weighted by Gasteiger charge is -2.40. The van der Waals surface area contributed by atoms with Gasteiger partial charge in [-0.2, -0.15) is 0 Å². The number of piperidine rings is 1. The Bertz CT molecular complexity index is 735. The maximum atomic E-state index is 13.3. The molecular formula is C27H47N5O2. The normalized spacial score (nSPS) is 43.6. The van der Waals surface area contributed by atoms with Gasteiger partial charge in [0, 0.05) is 36.8 Å². The third-order valence-corrected chi connectivity index (χ3v) is 9.79. The highest BCUT2D eigenvalue weighted by molar-refractivity contribution is 5.82. The van der Waals surface area contributed by atoms with Crippen LogP contribution in [-0.2, 0) is 9.59 Å². The van der Waals surface area contributed by atoms with E-state index in [9.17, 15) is 9.59 Å². The molecule has 5 rings (SSSR count). The molecule has 2 amide bonds. The summed E-state index contributed by atoms with van der Waals surface area (Å²) in [7, 11) is 0. The third-order valence-electron chi connectivity index (χ3n) is 9.79. The van der Waals surface area contributed by atoms with E-state index < -0.39 is 0 Å². The van der Waals surface area contributed by atoms with Crippen LogP contribution < -0.4 is 27.0 Å². The number of amides is 2. The molecule has 0 aromatic heterocycles. The van der Waals surface area contributed by atoms with Gasteiger partial charge in [0.25, 0.3) is 0 Å². The molecule has 6 N–H and O–H groups in total. The van der Waals surface area contributed by atoms with Gasteiger partial charge in [0.15, 0.2) is 0 Å². The summed E-state index contributed by atoms with van der Waals surface area (Å²) in [6.07, 6.45) is 12.1. The molecule has 7 heteroatoms. The fourth-order valence-corrected chi connectivity index (χ4v) is 7.52. The molecule has 5 aliphatic rings. The molecule has 0 spiro atoms. The summed E-state index contributed by atoms with van der Waals surface area (Å²) in [5.41, 5.74) is 6.02.